The fourth-order valence-electron chi connectivity index (χ4n) is 2.46. The predicted molar refractivity (Wildman–Crippen MR) is 83.4 cm³/mol. The van der Waals surface area contributed by atoms with Crippen molar-refractivity contribution < 1.29 is 26.8 Å². The molecule has 0 aliphatic heterocycles. The largest absolute Gasteiger partial charge is 0.457 e. The van der Waals surface area contributed by atoms with Crippen LogP contribution in [0.15, 0.2) is 28.7 Å². The molecule has 1 heterocycles. The van der Waals surface area contributed by atoms with Crippen molar-refractivity contribution in [2.75, 3.05) is 0 Å². The zero-order valence-electron chi connectivity index (χ0n) is 12.7. The van der Waals surface area contributed by atoms with E-state index in [1.54, 1.807) is 24.3 Å². The molecule has 0 fully saturated rings. The van der Waals surface area contributed by atoms with Crippen LogP contribution in [0, 0.1) is 30.2 Å². The van der Waals surface area contributed by atoms with Gasteiger partial charge in [-0.2, -0.15) is 4.39 Å². The maximum atomic E-state index is 14.0. The molecule has 3 rings (SSSR count). The molecule has 0 bridgehead atoms. The number of amides is 1. The number of carbonyl (C=O) groups excluding carboxylic acids is 1. The maximum absolute atomic E-state index is 14.0. The first-order valence-electron chi connectivity index (χ1n) is 7.09. The molecule has 25 heavy (non-hydrogen) atoms. The number of halogens is 5. The molecule has 0 saturated heterocycles. The van der Waals surface area contributed by atoms with Crippen molar-refractivity contribution in [3.63, 3.8) is 0 Å². The molecule has 1 amide bonds. The van der Waals surface area contributed by atoms with Gasteiger partial charge >= 0.3 is 0 Å². The van der Waals surface area contributed by atoms with E-state index in [1.807, 2.05) is 0 Å². The molecule has 0 unspecified atom stereocenters. The highest BCUT2D eigenvalue weighted by Gasteiger charge is 2.29. The van der Waals surface area contributed by atoms with Crippen LogP contribution in [0.25, 0.3) is 11.0 Å². The van der Waals surface area contributed by atoms with E-state index < -0.39 is 40.1 Å². The van der Waals surface area contributed by atoms with Crippen molar-refractivity contribution in [1.82, 2.24) is 5.32 Å². The highest BCUT2D eigenvalue weighted by molar-refractivity contribution is 6.30. The van der Waals surface area contributed by atoms with Crippen LogP contribution >= 0.6 is 11.6 Å². The molecule has 8 heteroatoms. The number of benzene rings is 2. The summed E-state index contributed by atoms with van der Waals surface area (Å²) in [5.74, 6) is -8.33. The van der Waals surface area contributed by atoms with E-state index in [0.717, 1.165) is 0 Å². The second-order valence-corrected chi connectivity index (χ2v) is 5.74. The van der Waals surface area contributed by atoms with Crippen LogP contribution in [0.1, 0.15) is 21.7 Å². The van der Waals surface area contributed by atoms with Crippen molar-refractivity contribution in [2.45, 2.75) is 13.5 Å². The van der Waals surface area contributed by atoms with Crippen molar-refractivity contribution in [3.05, 3.63) is 69.4 Å². The Hall–Kier alpha value is -2.54. The van der Waals surface area contributed by atoms with E-state index in [2.05, 4.69) is 5.32 Å². The van der Waals surface area contributed by atoms with E-state index >= 15 is 0 Å². The molecule has 0 aliphatic carbocycles. The number of fused-ring (bicyclic) bond motifs is 1. The number of aryl methyl sites for hydroxylation is 1. The Morgan fingerprint density at radius 3 is 2.28 bits per heavy atom. The summed E-state index contributed by atoms with van der Waals surface area (Å²) in [7, 11) is 0. The molecule has 0 aliphatic rings. The second kappa shape index (κ2) is 6.40. The normalized spacial score (nSPS) is 11.1. The third-order valence-corrected chi connectivity index (χ3v) is 3.93. The van der Waals surface area contributed by atoms with Gasteiger partial charge in [0, 0.05) is 11.6 Å². The van der Waals surface area contributed by atoms with Crippen molar-refractivity contribution in [2.24, 2.45) is 0 Å². The van der Waals surface area contributed by atoms with E-state index in [-0.39, 0.29) is 17.9 Å². The molecule has 0 radical (unpaired) electrons. The first-order chi connectivity index (χ1) is 11.8. The summed E-state index contributed by atoms with van der Waals surface area (Å²) in [6, 6.07) is 6.57. The van der Waals surface area contributed by atoms with Crippen LogP contribution in [0.3, 0.4) is 0 Å². The van der Waals surface area contributed by atoms with Crippen LogP contribution in [-0.4, -0.2) is 5.91 Å². The fraction of sp³-hybridized carbons (Fsp3) is 0.118. The minimum absolute atomic E-state index is 0.0654. The van der Waals surface area contributed by atoms with Gasteiger partial charge in [-0.3, -0.25) is 4.79 Å². The lowest BCUT2D eigenvalue weighted by molar-refractivity contribution is 0.0950. The number of nitrogens with one attached hydrogen (secondary N) is 1. The van der Waals surface area contributed by atoms with Gasteiger partial charge < -0.3 is 9.73 Å². The molecule has 3 aromatic rings. The molecule has 2 aromatic carbocycles. The van der Waals surface area contributed by atoms with Gasteiger partial charge in [-0.1, -0.05) is 23.7 Å². The molecule has 0 atom stereocenters. The molecule has 0 saturated carbocycles. The SMILES string of the molecule is Cc1oc2c(F)c(F)c(F)c(F)c2c1C(=O)NCc1ccc(Cl)cc1. The smallest absolute Gasteiger partial charge is 0.255 e. The average molecular weight is 372 g/mol. The summed E-state index contributed by atoms with van der Waals surface area (Å²) in [6.07, 6.45) is 0. The Balaban J connectivity index is 1.99. The van der Waals surface area contributed by atoms with Crippen LogP contribution in [-0.2, 0) is 6.54 Å². The monoisotopic (exact) mass is 371 g/mol. The number of furan rings is 1. The Morgan fingerprint density at radius 1 is 1.04 bits per heavy atom. The standard InChI is InChI=1S/C17H10ClF4NO2/c1-7-10(17(24)23-6-8-2-4-9(18)5-3-8)11-12(19)13(20)14(21)15(22)16(11)25-7/h2-5H,6H2,1H3,(H,23,24). The lowest BCUT2D eigenvalue weighted by atomic mass is 10.1. The van der Waals surface area contributed by atoms with Crippen molar-refractivity contribution >= 4 is 28.5 Å². The highest BCUT2D eigenvalue weighted by Crippen LogP contribution is 2.33. The summed E-state index contributed by atoms with van der Waals surface area (Å²) in [6.45, 7) is 1.34. The first kappa shape index (κ1) is 17.3. The van der Waals surface area contributed by atoms with Gasteiger partial charge in [0.05, 0.1) is 10.9 Å². The maximum Gasteiger partial charge on any atom is 0.255 e. The quantitative estimate of drug-likeness (QED) is 0.405. The molecule has 130 valence electrons. The third-order valence-electron chi connectivity index (χ3n) is 3.67. The van der Waals surface area contributed by atoms with E-state index in [4.69, 9.17) is 16.0 Å². The third kappa shape index (κ3) is 2.95. The molecular formula is C17H10ClF4NO2. The van der Waals surface area contributed by atoms with Crippen LogP contribution < -0.4 is 5.32 Å². The molecular weight excluding hydrogens is 362 g/mol. The predicted octanol–water partition coefficient (Wildman–Crippen LogP) is 4.88. The Bertz CT molecular complexity index is 983. The van der Waals surface area contributed by atoms with Gasteiger partial charge in [-0.25, -0.2) is 13.2 Å². The minimum Gasteiger partial charge on any atom is -0.457 e. The van der Waals surface area contributed by atoms with Gasteiger partial charge in [0.2, 0.25) is 11.6 Å². The van der Waals surface area contributed by atoms with Gasteiger partial charge in [-0.15, -0.1) is 0 Å². The molecule has 1 aromatic heterocycles. The molecule has 3 nitrogen and oxygen atoms in total. The van der Waals surface area contributed by atoms with E-state index in [9.17, 15) is 22.4 Å². The van der Waals surface area contributed by atoms with Crippen LogP contribution in [0.2, 0.25) is 5.02 Å². The van der Waals surface area contributed by atoms with Gasteiger partial charge in [0.25, 0.3) is 5.91 Å². The van der Waals surface area contributed by atoms with Gasteiger partial charge in [-0.05, 0) is 24.6 Å². The van der Waals surface area contributed by atoms with Crippen LogP contribution in [0.5, 0.6) is 0 Å². The summed E-state index contributed by atoms with van der Waals surface area (Å²) in [4.78, 5) is 12.3. The second-order valence-electron chi connectivity index (χ2n) is 5.30. The zero-order valence-corrected chi connectivity index (χ0v) is 13.5. The zero-order chi connectivity index (χ0) is 18.3. The summed E-state index contributed by atoms with van der Waals surface area (Å²) in [5, 5.41) is 2.27. The molecule has 0 spiro atoms. The average Bonchev–Trinajstić information content (AvgIpc) is 2.95. The van der Waals surface area contributed by atoms with Gasteiger partial charge in [0.15, 0.2) is 17.2 Å². The van der Waals surface area contributed by atoms with E-state index in [0.29, 0.717) is 10.6 Å². The topological polar surface area (TPSA) is 42.2 Å². The Morgan fingerprint density at radius 2 is 1.64 bits per heavy atom. The van der Waals surface area contributed by atoms with Crippen molar-refractivity contribution in [1.29, 1.82) is 0 Å². The Kier molecular flexibility index (Phi) is 4.43. The number of hydrogen-bond donors (Lipinski definition) is 1. The Labute approximate surface area is 144 Å². The summed E-state index contributed by atoms with van der Waals surface area (Å²) in [5.41, 5.74) is -0.531. The fourth-order valence-corrected chi connectivity index (χ4v) is 2.58. The first-order valence-corrected chi connectivity index (χ1v) is 7.46. The summed E-state index contributed by atoms with van der Waals surface area (Å²) >= 11 is 5.76. The van der Waals surface area contributed by atoms with Crippen molar-refractivity contribution in [3.8, 4) is 0 Å². The van der Waals surface area contributed by atoms with E-state index in [1.165, 1.54) is 6.92 Å². The van der Waals surface area contributed by atoms with Gasteiger partial charge in [0.1, 0.15) is 5.76 Å². The lowest BCUT2D eigenvalue weighted by Crippen LogP contribution is -2.23. The number of hydrogen-bond acceptors (Lipinski definition) is 2. The number of rotatable bonds is 3. The minimum atomic E-state index is -2.00. The summed E-state index contributed by atoms with van der Waals surface area (Å²) < 4.78 is 59.5. The van der Waals surface area contributed by atoms with Crippen LogP contribution in [0.4, 0.5) is 17.6 Å². The highest BCUT2D eigenvalue weighted by atomic mass is 35.5. The number of carbonyl (C=O) groups is 1. The molecule has 1 N–H and O–H groups in total. The lowest BCUT2D eigenvalue weighted by Gasteiger charge is -2.06.